The smallest absolute Gasteiger partial charge is 0.133 e. The Morgan fingerprint density at radius 1 is 1.27 bits per heavy atom. The van der Waals surface area contributed by atoms with E-state index in [2.05, 4.69) is 9.97 Å². The van der Waals surface area contributed by atoms with Crippen molar-refractivity contribution in [2.45, 2.75) is 37.7 Å². The first-order valence-electron chi connectivity index (χ1n) is 5.49. The van der Waals surface area contributed by atoms with Gasteiger partial charge >= 0.3 is 0 Å². The standard InChI is InChI=1S/C11H13ClN2O/c12-10-6-8(9-2-1-5-15-9)13-11(14-10)7-3-4-7/h6-7,9H,1-5H2/t9-/m0/s1. The molecule has 1 atom stereocenters. The highest BCUT2D eigenvalue weighted by Crippen LogP contribution is 2.39. The van der Waals surface area contributed by atoms with E-state index in [9.17, 15) is 0 Å². The minimum Gasteiger partial charge on any atom is -0.372 e. The van der Waals surface area contributed by atoms with E-state index < -0.39 is 0 Å². The van der Waals surface area contributed by atoms with Gasteiger partial charge in [-0.2, -0.15) is 0 Å². The van der Waals surface area contributed by atoms with Crippen molar-refractivity contribution >= 4 is 11.6 Å². The minimum atomic E-state index is 0.142. The van der Waals surface area contributed by atoms with E-state index in [1.165, 1.54) is 12.8 Å². The maximum absolute atomic E-state index is 5.99. The summed E-state index contributed by atoms with van der Waals surface area (Å²) in [6.07, 6.45) is 4.71. The summed E-state index contributed by atoms with van der Waals surface area (Å²) in [6.45, 7) is 0.838. The van der Waals surface area contributed by atoms with E-state index in [1.807, 2.05) is 6.07 Å². The molecule has 1 aliphatic carbocycles. The zero-order valence-electron chi connectivity index (χ0n) is 8.45. The van der Waals surface area contributed by atoms with Gasteiger partial charge in [-0.1, -0.05) is 11.6 Å². The molecule has 1 aromatic heterocycles. The molecule has 3 rings (SSSR count). The molecule has 80 valence electrons. The Bertz CT molecular complexity index is 373. The van der Waals surface area contributed by atoms with Crippen molar-refractivity contribution in [3.05, 3.63) is 22.7 Å². The van der Waals surface area contributed by atoms with Crippen LogP contribution in [0, 0.1) is 0 Å². The van der Waals surface area contributed by atoms with E-state index in [4.69, 9.17) is 16.3 Å². The fourth-order valence-electron chi connectivity index (χ4n) is 1.95. The monoisotopic (exact) mass is 224 g/mol. The molecule has 4 heteroatoms. The second kappa shape index (κ2) is 3.72. The van der Waals surface area contributed by atoms with Crippen LogP contribution in [0.2, 0.25) is 5.15 Å². The molecule has 15 heavy (non-hydrogen) atoms. The predicted molar refractivity (Wildman–Crippen MR) is 56.9 cm³/mol. The third-order valence-corrected chi connectivity index (χ3v) is 3.13. The number of rotatable bonds is 2. The third-order valence-electron chi connectivity index (χ3n) is 2.93. The second-order valence-electron chi connectivity index (χ2n) is 4.25. The first kappa shape index (κ1) is 9.55. The molecule has 0 aromatic carbocycles. The lowest BCUT2D eigenvalue weighted by atomic mass is 10.2. The summed E-state index contributed by atoms with van der Waals surface area (Å²) >= 11 is 5.99. The normalized spacial score (nSPS) is 25.8. The van der Waals surface area contributed by atoms with Crippen LogP contribution in [-0.4, -0.2) is 16.6 Å². The van der Waals surface area contributed by atoms with Crippen LogP contribution in [0.4, 0.5) is 0 Å². The molecule has 1 aliphatic heterocycles. The van der Waals surface area contributed by atoms with Gasteiger partial charge in [-0.05, 0) is 31.7 Å². The Hall–Kier alpha value is -0.670. The fraction of sp³-hybridized carbons (Fsp3) is 0.636. The summed E-state index contributed by atoms with van der Waals surface area (Å²) in [5.41, 5.74) is 0.967. The molecular weight excluding hydrogens is 212 g/mol. The van der Waals surface area contributed by atoms with Gasteiger partial charge in [0.05, 0.1) is 11.8 Å². The third kappa shape index (κ3) is 1.99. The van der Waals surface area contributed by atoms with E-state index in [0.717, 1.165) is 31.0 Å². The van der Waals surface area contributed by atoms with Crippen molar-refractivity contribution in [3.63, 3.8) is 0 Å². The molecule has 1 aromatic rings. The number of aromatic nitrogens is 2. The van der Waals surface area contributed by atoms with Gasteiger partial charge in [-0.25, -0.2) is 9.97 Å². The van der Waals surface area contributed by atoms with Crippen LogP contribution in [0.25, 0.3) is 0 Å². The van der Waals surface area contributed by atoms with Gasteiger partial charge in [0, 0.05) is 12.5 Å². The predicted octanol–water partition coefficient (Wildman–Crippen LogP) is 2.86. The number of halogens is 1. The van der Waals surface area contributed by atoms with Crippen molar-refractivity contribution in [1.29, 1.82) is 0 Å². The van der Waals surface area contributed by atoms with Gasteiger partial charge in [0.2, 0.25) is 0 Å². The molecule has 0 radical (unpaired) electrons. The number of nitrogens with zero attached hydrogens (tertiary/aromatic N) is 2. The Labute approximate surface area is 93.8 Å². The Morgan fingerprint density at radius 2 is 2.13 bits per heavy atom. The molecule has 0 unspecified atom stereocenters. The molecule has 1 saturated carbocycles. The lowest BCUT2D eigenvalue weighted by molar-refractivity contribution is 0.108. The lowest BCUT2D eigenvalue weighted by Gasteiger charge is -2.10. The molecule has 2 heterocycles. The lowest BCUT2D eigenvalue weighted by Crippen LogP contribution is -2.03. The van der Waals surface area contributed by atoms with Crippen molar-refractivity contribution in [2.75, 3.05) is 6.61 Å². The summed E-state index contributed by atoms with van der Waals surface area (Å²) < 4.78 is 5.60. The summed E-state index contributed by atoms with van der Waals surface area (Å²) in [6, 6.07) is 1.84. The van der Waals surface area contributed by atoms with Crippen LogP contribution in [0.1, 0.15) is 49.2 Å². The molecule has 2 fully saturated rings. The molecule has 0 amide bonds. The Morgan fingerprint density at radius 3 is 2.80 bits per heavy atom. The summed E-state index contributed by atoms with van der Waals surface area (Å²) in [5, 5.41) is 0.553. The molecular formula is C11H13ClN2O. The van der Waals surface area contributed by atoms with E-state index in [0.29, 0.717) is 11.1 Å². The highest BCUT2D eigenvalue weighted by Gasteiger charge is 2.28. The highest BCUT2D eigenvalue weighted by atomic mass is 35.5. The number of hydrogen-bond donors (Lipinski definition) is 0. The molecule has 0 spiro atoms. The van der Waals surface area contributed by atoms with Gasteiger partial charge in [-0.15, -0.1) is 0 Å². The molecule has 0 N–H and O–H groups in total. The van der Waals surface area contributed by atoms with Gasteiger partial charge < -0.3 is 4.74 Å². The van der Waals surface area contributed by atoms with Gasteiger partial charge in [0.15, 0.2) is 0 Å². The quantitative estimate of drug-likeness (QED) is 0.725. The number of ether oxygens (including phenoxy) is 1. The van der Waals surface area contributed by atoms with Gasteiger partial charge in [0.1, 0.15) is 11.0 Å². The van der Waals surface area contributed by atoms with Crippen molar-refractivity contribution in [2.24, 2.45) is 0 Å². The first-order chi connectivity index (χ1) is 7.33. The minimum absolute atomic E-state index is 0.142. The second-order valence-corrected chi connectivity index (χ2v) is 4.64. The Balaban J connectivity index is 1.91. The maximum atomic E-state index is 5.99. The molecule has 2 aliphatic rings. The van der Waals surface area contributed by atoms with E-state index in [-0.39, 0.29) is 6.10 Å². The average molecular weight is 225 g/mol. The van der Waals surface area contributed by atoms with Crippen molar-refractivity contribution in [1.82, 2.24) is 9.97 Å². The van der Waals surface area contributed by atoms with Crippen molar-refractivity contribution < 1.29 is 4.74 Å². The summed E-state index contributed by atoms with van der Waals surface area (Å²) in [4.78, 5) is 8.82. The van der Waals surface area contributed by atoms with Crippen LogP contribution < -0.4 is 0 Å². The molecule has 1 saturated heterocycles. The zero-order valence-corrected chi connectivity index (χ0v) is 9.20. The molecule has 0 bridgehead atoms. The van der Waals surface area contributed by atoms with Crippen LogP contribution in [0.3, 0.4) is 0 Å². The first-order valence-corrected chi connectivity index (χ1v) is 5.87. The molecule has 3 nitrogen and oxygen atoms in total. The number of hydrogen-bond acceptors (Lipinski definition) is 3. The summed E-state index contributed by atoms with van der Waals surface area (Å²) in [7, 11) is 0. The average Bonchev–Trinajstić information content (AvgIpc) is 2.93. The van der Waals surface area contributed by atoms with E-state index >= 15 is 0 Å². The fourth-order valence-corrected chi connectivity index (χ4v) is 2.15. The van der Waals surface area contributed by atoms with Crippen LogP contribution in [0.15, 0.2) is 6.07 Å². The van der Waals surface area contributed by atoms with E-state index in [1.54, 1.807) is 0 Å². The highest BCUT2D eigenvalue weighted by molar-refractivity contribution is 6.29. The largest absolute Gasteiger partial charge is 0.372 e. The van der Waals surface area contributed by atoms with Gasteiger partial charge in [0.25, 0.3) is 0 Å². The Kier molecular flexibility index (Phi) is 2.37. The summed E-state index contributed by atoms with van der Waals surface area (Å²) in [5.74, 6) is 1.46. The van der Waals surface area contributed by atoms with Gasteiger partial charge in [-0.3, -0.25) is 0 Å². The van der Waals surface area contributed by atoms with Crippen molar-refractivity contribution in [3.8, 4) is 0 Å². The zero-order chi connectivity index (χ0) is 10.3. The maximum Gasteiger partial charge on any atom is 0.133 e. The SMILES string of the molecule is Clc1cc([C@@H]2CCCO2)nc(C2CC2)n1. The van der Waals surface area contributed by atoms with Crippen LogP contribution in [0.5, 0.6) is 0 Å². The van der Waals surface area contributed by atoms with Crippen LogP contribution in [-0.2, 0) is 4.74 Å². The topological polar surface area (TPSA) is 35.0 Å². The van der Waals surface area contributed by atoms with Crippen LogP contribution >= 0.6 is 11.6 Å².